The predicted molar refractivity (Wildman–Crippen MR) is 132 cm³/mol. The molecular formula is C24H26Cl2FN5O. The van der Waals surface area contributed by atoms with Crippen LogP contribution in [0.2, 0.25) is 10.0 Å². The number of halogens is 3. The van der Waals surface area contributed by atoms with Crippen LogP contribution < -0.4 is 15.5 Å². The molecule has 0 radical (unpaired) electrons. The molecule has 0 bridgehead atoms. The van der Waals surface area contributed by atoms with E-state index in [4.69, 9.17) is 28.2 Å². The fourth-order valence-electron chi connectivity index (χ4n) is 4.19. The highest BCUT2D eigenvalue weighted by molar-refractivity contribution is 6.36. The molecule has 1 fully saturated rings. The molecule has 0 aliphatic heterocycles. The Morgan fingerprint density at radius 3 is 2.55 bits per heavy atom. The normalized spacial score (nSPS) is 18.2. The van der Waals surface area contributed by atoms with E-state index in [1.54, 1.807) is 0 Å². The number of fused-ring (bicyclic) bond motifs is 1. The third kappa shape index (κ3) is 5.47. The van der Waals surface area contributed by atoms with Crippen LogP contribution >= 0.6 is 23.2 Å². The van der Waals surface area contributed by atoms with E-state index < -0.39 is 11.7 Å². The Bertz CT molecular complexity index is 1170. The summed E-state index contributed by atoms with van der Waals surface area (Å²) in [6.45, 7) is 0.517. The van der Waals surface area contributed by atoms with Crippen LogP contribution in [0.15, 0.2) is 36.4 Å². The van der Waals surface area contributed by atoms with Crippen molar-refractivity contribution in [1.82, 2.24) is 15.3 Å². The molecule has 1 aliphatic rings. The van der Waals surface area contributed by atoms with Crippen molar-refractivity contribution in [2.24, 2.45) is 5.92 Å². The number of hydrogen-bond donors (Lipinski definition) is 2. The molecule has 1 aliphatic carbocycles. The Balaban J connectivity index is 1.32. The van der Waals surface area contributed by atoms with Crippen LogP contribution in [-0.4, -0.2) is 42.6 Å². The van der Waals surface area contributed by atoms with Gasteiger partial charge in [-0.2, -0.15) is 4.98 Å². The van der Waals surface area contributed by atoms with Gasteiger partial charge in [0.2, 0.25) is 5.95 Å². The first kappa shape index (κ1) is 23.5. The van der Waals surface area contributed by atoms with Crippen molar-refractivity contribution in [2.45, 2.75) is 31.7 Å². The first-order chi connectivity index (χ1) is 15.8. The monoisotopic (exact) mass is 489 g/mol. The number of para-hydroxylation sites is 1. The van der Waals surface area contributed by atoms with Gasteiger partial charge in [-0.05, 0) is 55.9 Å². The highest BCUT2D eigenvalue weighted by Crippen LogP contribution is 2.29. The van der Waals surface area contributed by atoms with E-state index in [1.807, 2.05) is 43.3 Å². The lowest BCUT2D eigenvalue weighted by Crippen LogP contribution is -2.34. The minimum Gasteiger partial charge on any atom is -0.362 e. The summed E-state index contributed by atoms with van der Waals surface area (Å²) in [4.78, 5) is 23.8. The molecule has 4 rings (SSSR count). The first-order valence-electron chi connectivity index (χ1n) is 10.9. The number of carbonyl (C=O) groups excluding carboxylic acids is 1. The van der Waals surface area contributed by atoms with Crippen molar-refractivity contribution in [1.29, 1.82) is 0 Å². The van der Waals surface area contributed by atoms with Crippen LogP contribution in [-0.2, 0) is 0 Å². The molecule has 1 saturated carbocycles. The average Bonchev–Trinajstić information content (AvgIpc) is 2.80. The Kier molecular flexibility index (Phi) is 7.20. The standard InChI is InChI=1S/C24H26Cl2FN5O/c1-32(2)22-16-5-3-4-6-21(16)30-24(31-22)29-15-9-7-14(8-10-15)13-28-23(33)17-11-20(27)19(26)12-18(17)25/h3-6,11-12,14-15H,7-10,13H2,1-2H3,(H,28,33)(H,29,30,31). The maximum Gasteiger partial charge on any atom is 0.252 e. The minimum atomic E-state index is -0.661. The molecule has 0 spiro atoms. The second kappa shape index (κ2) is 10.1. The van der Waals surface area contributed by atoms with Gasteiger partial charge < -0.3 is 15.5 Å². The van der Waals surface area contributed by atoms with Crippen molar-refractivity contribution < 1.29 is 9.18 Å². The number of carbonyl (C=O) groups is 1. The van der Waals surface area contributed by atoms with E-state index >= 15 is 0 Å². The van der Waals surface area contributed by atoms with Crippen molar-refractivity contribution in [2.75, 3.05) is 30.9 Å². The minimum absolute atomic E-state index is 0.0964. The fourth-order valence-corrected chi connectivity index (χ4v) is 4.66. The number of aromatic nitrogens is 2. The number of anilines is 2. The summed E-state index contributed by atoms with van der Waals surface area (Å²) in [5, 5.41) is 7.43. The van der Waals surface area contributed by atoms with E-state index in [2.05, 4.69) is 15.6 Å². The third-order valence-electron chi connectivity index (χ3n) is 5.99. The Hall–Kier alpha value is -2.64. The smallest absolute Gasteiger partial charge is 0.252 e. The van der Waals surface area contributed by atoms with Gasteiger partial charge in [0.05, 0.1) is 21.1 Å². The van der Waals surface area contributed by atoms with Crippen LogP contribution in [0.4, 0.5) is 16.2 Å². The zero-order chi connectivity index (χ0) is 23.5. The number of nitrogens with zero attached hydrogens (tertiary/aromatic N) is 3. The zero-order valence-corrected chi connectivity index (χ0v) is 20.0. The molecule has 6 nitrogen and oxygen atoms in total. The van der Waals surface area contributed by atoms with Gasteiger partial charge in [-0.1, -0.05) is 35.3 Å². The number of rotatable bonds is 6. The fraction of sp³-hybridized carbons (Fsp3) is 0.375. The average molecular weight is 490 g/mol. The van der Waals surface area contributed by atoms with Crippen LogP contribution in [0.25, 0.3) is 10.9 Å². The number of amides is 1. The van der Waals surface area contributed by atoms with Crippen molar-refractivity contribution >= 4 is 51.8 Å². The number of nitrogens with one attached hydrogen (secondary N) is 2. The highest BCUT2D eigenvalue weighted by atomic mass is 35.5. The van der Waals surface area contributed by atoms with E-state index in [-0.39, 0.29) is 21.7 Å². The van der Waals surface area contributed by atoms with E-state index in [0.29, 0.717) is 18.4 Å². The zero-order valence-electron chi connectivity index (χ0n) is 18.5. The van der Waals surface area contributed by atoms with Crippen molar-refractivity contribution in [3.05, 3.63) is 57.8 Å². The van der Waals surface area contributed by atoms with Crippen LogP contribution in [0, 0.1) is 11.7 Å². The highest BCUT2D eigenvalue weighted by Gasteiger charge is 2.23. The van der Waals surface area contributed by atoms with Gasteiger partial charge >= 0.3 is 0 Å². The SMILES string of the molecule is CN(C)c1nc(NC2CCC(CNC(=O)c3cc(F)c(Cl)cc3Cl)CC2)nc2ccccc12. The summed E-state index contributed by atoms with van der Waals surface area (Å²) >= 11 is 11.8. The van der Waals surface area contributed by atoms with Gasteiger partial charge in [0.15, 0.2) is 0 Å². The summed E-state index contributed by atoms with van der Waals surface area (Å²) in [5.41, 5.74) is 1.01. The maximum atomic E-state index is 13.7. The lowest BCUT2D eigenvalue weighted by atomic mass is 9.86. The van der Waals surface area contributed by atoms with Gasteiger partial charge in [0.25, 0.3) is 5.91 Å². The molecule has 174 valence electrons. The molecule has 1 heterocycles. The summed E-state index contributed by atoms with van der Waals surface area (Å²) in [6, 6.07) is 10.6. The lowest BCUT2D eigenvalue weighted by Gasteiger charge is -2.29. The number of benzene rings is 2. The maximum absolute atomic E-state index is 13.7. The second-order valence-electron chi connectivity index (χ2n) is 8.60. The molecule has 1 aromatic heterocycles. The second-order valence-corrected chi connectivity index (χ2v) is 9.41. The van der Waals surface area contributed by atoms with Gasteiger partial charge in [0.1, 0.15) is 11.6 Å². The predicted octanol–water partition coefficient (Wildman–Crippen LogP) is 5.54. The summed E-state index contributed by atoms with van der Waals surface area (Å²) in [7, 11) is 3.95. The Morgan fingerprint density at radius 2 is 1.82 bits per heavy atom. The molecule has 3 aromatic rings. The molecule has 9 heteroatoms. The van der Waals surface area contributed by atoms with E-state index in [9.17, 15) is 9.18 Å². The van der Waals surface area contributed by atoms with Crippen molar-refractivity contribution in [3.63, 3.8) is 0 Å². The summed E-state index contributed by atoms with van der Waals surface area (Å²) < 4.78 is 13.7. The molecule has 2 N–H and O–H groups in total. The number of hydrogen-bond acceptors (Lipinski definition) is 5. The summed E-state index contributed by atoms with van der Waals surface area (Å²) in [6.07, 6.45) is 3.80. The lowest BCUT2D eigenvalue weighted by molar-refractivity contribution is 0.0943. The van der Waals surface area contributed by atoms with Crippen LogP contribution in [0.1, 0.15) is 36.0 Å². The van der Waals surface area contributed by atoms with Crippen molar-refractivity contribution in [3.8, 4) is 0 Å². The molecular weight excluding hydrogens is 464 g/mol. The van der Waals surface area contributed by atoms with Crippen LogP contribution in [0.5, 0.6) is 0 Å². The first-order valence-corrected chi connectivity index (χ1v) is 11.7. The molecule has 0 saturated heterocycles. The summed E-state index contributed by atoms with van der Waals surface area (Å²) in [5.74, 6) is 0.811. The van der Waals surface area contributed by atoms with Gasteiger partial charge in [-0.15, -0.1) is 0 Å². The largest absolute Gasteiger partial charge is 0.362 e. The molecule has 2 aromatic carbocycles. The third-order valence-corrected chi connectivity index (χ3v) is 6.59. The Labute approximate surface area is 202 Å². The molecule has 0 unspecified atom stereocenters. The van der Waals surface area contributed by atoms with Gasteiger partial charge in [-0.25, -0.2) is 9.37 Å². The Morgan fingerprint density at radius 1 is 1.09 bits per heavy atom. The van der Waals surface area contributed by atoms with E-state index in [1.165, 1.54) is 6.07 Å². The molecule has 1 amide bonds. The van der Waals surface area contributed by atoms with Gasteiger partial charge in [-0.3, -0.25) is 4.79 Å². The molecule has 33 heavy (non-hydrogen) atoms. The molecule has 0 atom stereocenters. The topological polar surface area (TPSA) is 70.2 Å². The van der Waals surface area contributed by atoms with Crippen LogP contribution in [0.3, 0.4) is 0 Å². The quantitative estimate of drug-likeness (QED) is 0.444. The van der Waals surface area contributed by atoms with E-state index in [0.717, 1.165) is 48.5 Å². The van der Waals surface area contributed by atoms with Gasteiger partial charge in [0, 0.05) is 32.1 Å².